The van der Waals surface area contributed by atoms with E-state index < -0.39 is 6.03 Å². The second kappa shape index (κ2) is 8.67. The van der Waals surface area contributed by atoms with Crippen LogP contribution >= 0.6 is 23.4 Å². The van der Waals surface area contributed by atoms with Crippen molar-refractivity contribution in [3.8, 4) is 5.69 Å². The van der Waals surface area contributed by atoms with Crippen molar-refractivity contribution in [2.24, 2.45) is 0 Å². The molecule has 0 bridgehead atoms. The lowest BCUT2D eigenvalue weighted by atomic mass is 10.1. The lowest BCUT2D eigenvalue weighted by Gasteiger charge is -2.23. The number of nitrogens with zero attached hydrogens (tertiary/aromatic N) is 3. The van der Waals surface area contributed by atoms with Gasteiger partial charge in [0.25, 0.3) is 0 Å². The van der Waals surface area contributed by atoms with E-state index in [1.165, 1.54) is 0 Å². The van der Waals surface area contributed by atoms with E-state index in [1.54, 1.807) is 11.8 Å². The van der Waals surface area contributed by atoms with Gasteiger partial charge in [0.15, 0.2) is 5.16 Å². The number of aromatic nitrogens is 3. The SMILES string of the molecule is O=C1CC(Cc2nnc(SCc3cccc(Cl)c3)n2-c2ccccc2)NC(=O)N1. The minimum absolute atomic E-state index is 0.207. The van der Waals surface area contributed by atoms with Crippen LogP contribution in [-0.4, -0.2) is 32.7 Å². The molecular formula is C20H18ClN5O2S. The molecule has 1 unspecified atom stereocenters. The molecule has 1 aliphatic heterocycles. The monoisotopic (exact) mass is 427 g/mol. The predicted molar refractivity (Wildman–Crippen MR) is 111 cm³/mol. The van der Waals surface area contributed by atoms with Gasteiger partial charge in [-0.1, -0.05) is 53.7 Å². The van der Waals surface area contributed by atoms with E-state index in [2.05, 4.69) is 20.8 Å². The zero-order chi connectivity index (χ0) is 20.2. The quantitative estimate of drug-likeness (QED) is 0.589. The van der Waals surface area contributed by atoms with Crippen molar-refractivity contribution in [2.45, 2.75) is 29.8 Å². The topological polar surface area (TPSA) is 88.9 Å². The van der Waals surface area contributed by atoms with Gasteiger partial charge in [0.1, 0.15) is 5.82 Å². The number of carbonyl (C=O) groups excluding carboxylic acids is 2. The van der Waals surface area contributed by atoms with Gasteiger partial charge in [-0.3, -0.25) is 14.7 Å². The number of para-hydroxylation sites is 1. The highest BCUT2D eigenvalue weighted by atomic mass is 35.5. The number of urea groups is 1. The molecule has 1 atom stereocenters. The highest BCUT2D eigenvalue weighted by molar-refractivity contribution is 7.98. The third-order valence-corrected chi connectivity index (χ3v) is 5.66. The first-order chi connectivity index (χ1) is 14.1. The van der Waals surface area contributed by atoms with Gasteiger partial charge in [-0.25, -0.2) is 4.79 Å². The van der Waals surface area contributed by atoms with Gasteiger partial charge in [-0.15, -0.1) is 10.2 Å². The standard InChI is InChI=1S/C20H18ClN5O2S/c21-14-6-4-5-13(9-14)12-29-20-25-24-17(26(20)16-7-2-1-3-8-16)10-15-11-18(27)23-19(28)22-15/h1-9,15H,10-12H2,(H2,22,23,27,28). The summed E-state index contributed by atoms with van der Waals surface area (Å²) in [7, 11) is 0. The molecule has 29 heavy (non-hydrogen) atoms. The maximum absolute atomic E-state index is 11.7. The fourth-order valence-electron chi connectivity index (χ4n) is 3.15. The van der Waals surface area contributed by atoms with Gasteiger partial charge in [-0.05, 0) is 29.8 Å². The van der Waals surface area contributed by atoms with E-state index in [0.717, 1.165) is 16.4 Å². The van der Waals surface area contributed by atoms with Crippen molar-refractivity contribution in [1.29, 1.82) is 0 Å². The van der Waals surface area contributed by atoms with Gasteiger partial charge in [0.2, 0.25) is 5.91 Å². The molecule has 2 heterocycles. The number of rotatable bonds is 6. The number of amides is 3. The van der Waals surface area contributed by atoms with Crippen molar-refractivity contribution < 1.29 is 9.59 Å². The molecule has 9 heteroatoms. The molecule has 1 aromatic heterocycles. The summed E-state index contributed by atoms with van der Waals surface area (Å²) in [6.07, 6.45) is 0.608. The molecule has 148 valence electrons. The minimum Gasteiger partial charge on any atom is -0.334 e. The lowest BCUT2D eigenvalue weighted by Crippen LogP contribution is -2.53. The Morgan fingerprint density at radius 1 is 1.10 bits per heavy atom. The van der Waals surface area contributed by atoms with Crippen LogP contribution in [0.3, 0.4) is 0 Å². The summed E-state index contributed by atoms with van der Waals surface area (Å²) in [5, 5.41) is 15.2. The molecule has 1 fully saturated rings. The first-order valence-electron chi connectivity index (χ1n) is 9.06. The average molecular weight is 428 g/mol. The maximum Gasteiger partial charge on any atom is 0.321 e. The summed E-state index contributed by atoms with van der Waals surface area (Å²) in [5.74, 6) is 1.08. The Morgan fingerprint density at radius 3 is 2.69 bits per heavy atom. The van der Waals surface area contributed by atoms with Gasteiger partial charge in [0, 0.05) is 35.3 Å². The van der Waals surface area contributed by atoms with Crippen LogP contribution in [0.1, 0.15) is 17.8 Å². The molecule has 2 aromatic carbocycles. The Kier molecular flexibility index (Phi) is 5.82. The normalized spacial score (nSPS) is 16.4. The highest BCUT2D eigenvalue weighted by Crippen LogP contribution is 2.27. The molecule has 0 spiro atoms. The van der Waals surface area contributed by atoms with Crippen molar-refractivity contribution in [2.75, 3.05) is 0 Å². The number of thioether (sulfide) groups is 1. The summed E-state index contributed by atoms with van der Waals surface area (Å²) in [6.45, 7) is 0. The number of benzene rings is 2. The molecule has 4 rings (SSSR count). The molecule has 1 aliphatic rings. The number of carbonyl (C=O) groups is 2. The van der Waals surface area contributed by atoms with Crippen molar-refractivity contribution in [3.63, 3.8) is 0 Å². The first kappa shape index (κ1) is 19.5. The molecule has 3 amide bonds. The average Bonchev–Trinajstić information content (AvgIpc) is 3.08. The number of hydrogen-bond acceptors (Lipinski definition) is 5. The van der Waals surface area contributed by atoms with Crippen molar-refractivity contribution >= 4 is 35.3 Å². The molecule has 3 aromatic rings. The highest BCUT2D eigenvalue weighted by Gasteiger charge is 2.26. The number of imide groups is 1. The molecule has 1 saturated heterocycles. The van der Waals surface area contributed by atoms with Crippen LogP contribution < -0.4 is 10.6 Å². The number of halogens is 1. The van der Waals surface area contributed by atoms with Crippen LogP contribution in [0, 0.1) is 0 Å². The fraction of sp³-hybridized carbons (Fsp3) is 0.200. The summed E-state index contributed by atoms with van der Waals surface area (Å²) < 4.78 is 1.97. The Morgan fingerprint density at radius 2 is 1.93 bits per heavy atom. The smallest absolute Gasteiger partial charge is 0.321 e. The van der Waals surface area contributed by atoms with E-state index in [0.29, 0.717) is 23.0 Å². The van der Waals surface area contributed by atoms with Crippen LogP contribution in [-0.2, 0) is 17.0 Å². The van der Waals surface area contributed by atoms with Crippen LogP contribution in [0.15, 0.2) is 59.8 Å². The second-order valence-corrected chi connectivity index (χ2v) is 7.99. The zero-order valence-electron chi connectivity index (χ0n) is 15.3. The summed E-state index contributed by atoms with van der Waals surface area (Å²) >= 11 is 7.63. The van der Waals surface area contributed by atoms with Gasteiger partial charge in [-0.2, -0.15) is 0 Å². The summed E-state index contributed by atoms with van der Waals surface area (Å²) in [5.41, 5.74) is 2.01. The van der Waals surface area contributed by atoms with E-state index >= 15 is 0 Å². The Hall–Kier alpha value is -2.84. The Bertz CT molecular complexity index is 1020. The van der Waals surface area contributed by atoms with Crippen LogP contribution in [0.2, 0.25) is 5.02 Å². The molecule has 0 saturated carbocycles. The minimum atomic E-state index is -0.479. The van der Waals surface area contributed by atoms with E-state index in [-0.39, 0.29) is 18.4 Å². The van der Waals surface area contributed by atoms with Gasteiger partial charge in [0.05, 0.1) is 0 Å². The van der Waals surface area contributed by atoms with Gasteiger partial charge >= 0.3 is 6.03 Å². The zero-order valence-corrected chi connectivity index (χ0v) is 16.9. The molecule has 7 nitrogen and oxygen atoms in total. The molecular weight excluding hydrogens is 410 g/mol. The number of hydrogen-bond donors (Lipinski definition) is 2. The number of nitrogens with one attached hydrogen (secondary N) is 2. The summed E-state index contributed by atoms with van der Waals surface area (Å²) in [6, 6.07) is 16.7. The van der Waals surface area contributed by atoms with E-state index in [9.17, 15) is 9.59 Å². The maximum atomic E-state index is 11.7. The molecule has 0 aliphatic carbocycles. The van der Waals surface area contributed by atoms with Crippen LogP contribution in [0.25, 0.3) is 5.69 Å². The molecule has 2 N–H and O–H groups in total. The van der Waals surface area contributed by atoms with E-state index in [4.69, 9.17) is 11.6 Å². The Balaban J connectivity index is 1.60. The summed E-state index contributed by atoms with van der Waals surface area (Å²) in [4.78, 5) is 23.3. The largest absolute Gasteiger partial charge is 0.334 e. The van der Waals surface area contributed by atoms with Crippen LogP contribution in [0.5, 0.6) is 0 Å². The first-order valence-corrected chi connectivity index (χ1v) is 10.4. The predicted octanol–water partition coefficient (Wildman–Crippen LogP) is 3.35. The third kappa shape index (κ3) is 4.78. The van der Waals surface area contributed by atoms with Crippen molar-refractivity contribution in [1.82, 2.24) is 25.4 Å². The fourth-order valence-corrected chi connectivity index (χ4v) is 4.28. The third-order valence-electron chi connectivity index (χ3n) is 4.42. The van der Waals surface area contributed by atoms with Crippen LogP contribution in [0.4, 0.5) is 4.79 Å². The Labute approximate surface area is 176 Å². The van der Waals surface area contributed by atoms with Crippen molar-refractivity contribution in [3.05, 3.63) is 71.0 Å². The van der Waals surface area contributed by atoms with Gasteiger partial charge < -0.3 is 5.32 Å². The van der Waals surface area contributed by atoms with E-state index in [1.807, 2.05) is 59.2 Å². The molecule has 0 radical (unpaired) electrons. The second-order valence-electron chi connectivity index (χ2n) is 6.62. The lowest BCUT2D eigenvalue weighted by molar-refractivity contribution is -0.121.